The molecule has 4 aromatic heterocycles. The predicted molar refractivity (Wildman–Crippen MR) is 115 cm³/mol. The van der Waals surface area contributed by atoms with Crippen molar-refractivity contribution in [1.82, 2.24) is 24.3 Å². The molecule has 5 rings (SSSR count). The first-order valence-corrected chi connectivity index (χ1v) is 9.66. The van der Waals surface area contributed by atoms with Gasteiger partial charge in [-0.15, -0.1) is 0 Å². The number of amides is 1. The number of carbonyl (C=O) groups is 1. The van der Waals surface area contributed by atoms with E-state index in [1.165, 1.54) is 10.9 Å². The fraction of sp³-hybridized carbons (Fsp3) is 0.136. The molecule has 0 unspecified atom stereocenters. The van der Waals surface area contributed by atoms with Gasteiger partial charge in [0, 0.05) is 11.1 Å². The Kier molecular flexibility index (Phi) is 4.36. The summed E-state index contributed by atoms with van der Waals surface area (Å²) in [4.78, 5) is 33.9. The summed E-state index contributed by atoms with van der Waals surface area (Å²) in [5.41, 5.74) is 3.17. The summed E-state index contributed by atoms with van der Waals surface area (Å²) in [6.45, 7) is 3.66. The lowest BCUT2D eigenvalue weighted by atomic mass is 10.2. The summed E-state index contributed by atoms with van der Waals surface area (Å²) < 4.78 is 8.60. The monoisotopic (exact) mass is 414 g/mol. The SMILES string of the molecule is Cc1cc(C)n(-c2ccc(NC(=O)Cn3cnc4c(oc5ccccc54)c3=O)cn2)n1. The van der Waals surface area contributed by atoms with Crippen LogP contribution in [0, 0.1) is 13.8 Å². The molecule has 5 aromatic rings. The quantitative estimate of drug-likeness (QED) is 0.484. The summed E-state index contributed by atoms with van der Waals surface area (Å²) >= 11 is 0. The van der Waals surface area contributed by atoms with Gasteiger partial charge in [0.1, 0.15) is 17.6 Å². The molecule has 1 N–H and O–H groups in total. The summed E-state index contributed by atoms with van der Waals surface area (Å²) in [5, 5.41) is 7.90. The second-order valence-corrected chi connectivity index (χ2v) is 7.25. The van der Waals surface area contributed by atoms with Gasteiger partial charge in [-0.25, -0.2) is 14.6 Å². The lowest BCUT2D eigenvalue weighted by Gasteiger charge is -2.08. The highest BCUT2D eigenvalue weighted by molar-refractivity contribution is 6.01. The molecule has 1 aromatic carbocycles. The maximum absolute atomic E-state index is 12.7. The summed E-state index contributed by atoms with van der Waals surface area (Å²) in [6.07, 6.45) is 2.91. The number of carbonyl (C=O) groups excluding carboxylic acids is 1. The third-order valence-electron chi connectivity index (χ3n) is 4.92. The van der Waals surface area contributed by atoms with Crippen LogP contribution in [0.5, 0.6) is 0 Å². The minimum atomic E-state index is -0.408. The molecular weight excluding hydrogens is 396 g/mol. The first-order chi connectivity index (χ1) is 15.0. The van der Waals surface area contributed by atoms with Crippen LogP contribution in [0.3, 0.4) is 0 Å². The number of aromatic nitrogens is 5. The van der Waals surface area contributed by atoms with Gasteiger partial charge in [-0.2, -0.15) is 5.10 Å². The molecule has 0 aliphatic rings. The average molecular weight is 414 g/mol. The molecule has 0 aliphatic carbocycles. The van der Waals surface area contributed by atoms with E-state index in [0.29, 0.717) is 22.6 Å². The van der Waals surface area contributed by atoms with Crippen molar-refractivity contribution >= 4 is 33.7 Å². The highest BCUT2D eigenvalue weighted by Crippen LogP contribution is 2.24. The van der Waals surface area contributed by atoms with E-state index >= 15 is 0 Å². The molecule has 0 spiro atoms. The second-order valence-electron chi connectivity index (χ2n) is 7.25. The number of benzene rings is 1. The van der Waals surface area contributed by atoms with Crippen molar-refractivity contribution in [1.29, 1.82) is 0 Å². The Balaban J connectivity index is 1.35. The third-order valence-corrected chi connectivity index (χ3v) is 4.92. The molecule has 4 heterocycles. The van der Waals surface area contributed by atoms with Crippen molar-refractivity contribution in [3.05, 3.63) is 76.7 Å². The number of hydrogen-bond acceptors (Lipinski definition) is 6. The summed E-state index contributed by atoms with van der Waals surface area (Å²) in [5.74, 6) is 0.277. The Morgan fingerprint density at radius 1 is 1.13 bits per heavy atom. The van der Waals surface area contributed by atoms with E-state index in [9.17, 15) is 9.59 Å². The van der Waals surface area contributed by atoms with Crippen LogP contribution in [0.2, 0.25) is 0 Å². The minimum Gasteiger partial charge on any atom is -0.448 e. The Bertz CT molecular complexity index is 1490. The second kappa shape index (κ2) is 7.21. The Hall–Kier alpha value is -4.27. The molecule has 0 saturated heterocycles. The highest BCUT2D eigenvalue weighted by Gasteiger charge is 2.15. The number of anilines is 1. The zero-order valence-corrected chi connectivity index (χ0v) is 16.9. The van der Waals surface area contributed by atoms with Gasteiger partial charge in [0.2, 0.25) is 11.5 Å². The van der Waals surface area contributed by atoms with Crippen LogP contribution >= 0.6 is 0 Å². The molecule has 0 radical (unpaired) electrons. The van der Waals surface area contributed by atoms with E-state index in [0.717, 1.165) is 16.8 Å². The van der Waals surface area contributed by atoms with Crippen LogP contribution in [0.1, 0.15) is 11.4 Å². The Morgan fingerprint density at radius 2 is 1.97 bits per heavy atom. The molecular formula is C22H18N6O3. The third kappa shape index (κ3) is 3.35. The van der Waals surface area contributed by atoms with E-state index in [-0.39, 0.29) is 18.0 Å². The fourth-order valence-corrected chi connectivity index (χ4v) is 3.53. The first-order valence-electron chi connectivity index (χ1n) is 9.66. The fourth-order valence-electron chi connectivity index (χ4n) is 3.53. The lowest BCUT2D eigenvalue weighted by molar-refractivity contribution is -0.116. The standard InChI is InChI=1S/C22H18N6O3/c1-13-9-14(2)28(26-13)18-8-7-15(10-23-18)25-19(29)11-27-12-24-20-16-5-3-4-6-17(16)31-21(20)22(27)30/h3-10,12H,11H2,1-2H3,(H,25,29). The van der Waals surface area contributed by atoms with Gasteiger partial charge < -0.3 is 9.73 Å². The zero-order valence-electron chi connectivity index (χ0n) is 16.9. The van der Waals surface area contributed by atoms with E-state index in [2.05, 4.69) is 20.4 Å². The molecule has 0 fully saturated rings. The van der Waals surface area contributed by atoms with E-state index in [1.54, 1.807) is 29.1 Å². The molecule has 1 amide bonds. The van der Waals surface area contributed by atoms with Crippen molar-refractivity contribution < 1.29 is 9.21 Å². The van der Waals surface area contributed by atoms with Crippen LogP contribution < -0.4 is 10.9 Å². The molecule has 31 heavy (non-hydrogen) atoms. The number of nitrogens with zero attached hydrogens (tertiary/aromatic N) is 5. The van der Waals surface area contributed by atoms with Crippen molar-refractivity contribution in [2.45, 2.75) is 20.4 Å². The van der Waals surface area contributed by atoms with Crippen molar-refractivity contribution in [3.8, 4) is 5.82 Å². The average Bonchev–Trinajstić information content (AvgIpc) is 3.30. The number of furan rings is 1. The number of para-hydroxylation sites is 1. The molecule has 154 valence electrons. The van der Waals surface area contributed by atoms with E-state index < -0.39 is 5.56 Å². The topological polar surface area (TPSA) is 108 Å². The zero-order chi connectivity index (χ0) is 21.5. The van der Waals surface area contributed by atoms with E-state index in [1.807, 2.05) is 38.1 Å². The van der Waals surface area contributed by atoms with Crippen LogP contribution in [0.15, 0.2) is 64.2 Å². The number of nitrogens with one attached hydrogen (secondary N) is 1. The van der Waals surface area contributed by atoms with Gasteiger partial charge >= 0.3 is 0 Å². The van der Waals surface area contributed by atoms with Gasteiger partial charge in [0.25, 0.3) is 5.56 Å². The maximum Gasteiger partial charge on any atom is 0.297 e. The molecule has 0 bridgehead atoms. The highest BCUT2D eigenvalue weighted by atomic mass is 16.3. The van der Waals surface area contributed by atoms with Gasteiger partial charge in [-0.1, -0.05) is 12.1 Å². The van der Waals surface area contributed by atoms with Crippen molar-refractivity contribution in [2.75, 3.05) is 5.32 Å². The summed E-state index contributed by atoms with van der Waals surface area (Å²) in [7, 11) is 0. The van der Waals surface area contributed by atoms with Crippen LogP contribution in [0.25, 0.3) is 27.9 Å². The predicted octanol–water partition coefficient (Wildman–Crippen LogP) is 2.98. The van der Waals surface area contributed by atoms with E-state index in [4.69, 9.17) is 4.42 Å². The minimum absolute atomic E-state index is 0.132. The number of pyridine rings is 1. The number of aryl methyl sites for hydroxylation is 2. The molecule has 9 nitrogen and oxygen atoms in total. The van der Waals surface area contributed by atoms with Gasteiger partial charge in [0.05, 0.1) is 23.9 Å². The molecule has 0 atom stereocenters. The molecule has 0 aliphatic heterocycles. The Labute approximate surface area is 176 Å². The van der Waals surface area contributed by atoms with Gasteiger partial charge in [-0.05, 0) is 44.2 Å². The smallest absolute Gasteiger partial charge is 0.297 e. The molecule has 0 saturated carbocycles. The van der Waals surface area contributed by atoms with Crippen LogP contribution in [-0.2, 0) is 11.3 Å². The Morgan fingerprint density at radius 3 is 2.71 bits per heavy atom. The lowest BCUT2D eigenvalue weighted by Crippen LogP contribution is -2.27. The van der Waals surface area contributed by atoms with Crippen LogP contribution in [-0.4, -0.2) is 30.2 Å². The van der Waals surface area contributed by atoms with Crippen molar-refractivity contribution in [3.63, 3.8) is 0 Å². The number of fused-ring (bicyclic) bond motifs is 3. The number of hydrogen-bond donors (Lipinski definition) is 1. The number of rotatable bonds is 4. The summed E-state index contributed by atoms with van der Waals surface area (Å²) in [6, 6.07) is 12.8. The first kappa shape index (κ1) is 18.7. The van der Waals surface area contributed by atoms with Gasteiger partial charge in [-0.3, -0.25) is 14.2 Å². The molecule has 9 heteroatoms. The normalized spacial score (nSPS) is 11.3. The van der Waals surface area contributed by atoms with Crippen molar-refractivity contribution in [2.24, 2.45) is 0 Å². The maximum atomic E-state index is 12.7. The largest absolute Gasteiger partial charge is 0.448 e. The van der Waals surface area contributed by atoms with Gasteiger partial charge in [0.15, 0.2) is 5.82 Å². The van der Waals surface area contributed by atoms with Crippen LogP contribution in [0.4, 0.5) is 5.69 Å².